The lowest BCUT2D eigenvalue weighted by Gasteiger charge is -2.24. The summed E-state index contributed by atoms with van der Waals surface area (Å²) in [6, 6.07) is 16.3. The summed E-state index contributed by atoms with van der Waals surface area (Å²) >= 11 is 12.0. The zero-order valence-electron chi connectivity index (χ0n) is 17.6. The Balaban J connectivity index is 1.95. The van der Waals surface area contributed by atoms with E-state index in [1.165, 1.54) is 66.7 Å². The van der Waals surface area contributed by atoms with Crippen molar-refractivity contribution in [3.8, 4) is 0 Å². The molecular formula is C24H16Cl2FNO7. The van der Waals surface area contributed by atoms with Gasteiger partial charge in [0.15, 0.2) is 0 Å². The Morgan fingerprint density at radius 3 is 1.69 bits per heavy atom. The van der Waals surface area contributed by atoms with Crippen LogP contribution < -0.4 is 5.32 Å². The maximum Gasteiger partial charge on any atom is 0.349 e. The third kappa shape index (κ3) is 6.34. The SMILES string of the molecule is O=C(O[C@@H](C(=O)O)[C@@H](OC(=O)c1ccccc1Cl)C(=O)Nc1ccccc1F)c1ccccc1Cl. The molecule has 0 heterocycles. The Morgan fingerprint density at radius 1 is 0.743 bits per heavy atom. The molecule has 3 aromatic rings. The summed E-state index contributed by atoms with van der Waals surface area (Å²) in [6.45, 7) is 0. The van der Waals surface area contributed by atoms with Crippen molar-refractivity contribution in [1.82, 2.24) is 0 Å². The van der Waals surface area contributed by atoms with Crippen LogP contribution in [0.15, 0.2) is 72.8 Å². The molecule has 0 bridgehead atoms. The molecule has 0 aliphatic heterocycles. The molecule has 1 amide bonds. The largest absolute Gasteiger partial charge is 0.478 e. The van der Waals surface area contributed by atoms with Crippen molar-refractivity contribution >= 4 is 52.7 Å². The van der Waals surface area contributed by atoms with E-state index in [1.54, 1.807) is 0 Å². The number of aliphatic carboxylic acids is 1. The lowest BCUT2D eigenvalue weighted by atomic mass is 10.1. The van der Waals surface area contributed by atoms with Crippen LogP contribution in [0.2, 0.25) is 10.0 Å². The van der Waals surface area contributed by atoms with Crippen LogP contribution in [0.3, 0.4) is 0 Å². The number of amides is 1. The molecule has 180 valence electrons. The van der Waals surface area contributed by atoms with Gasteiger partial charge in [0.1, 0.15) is 5.82 Å². The summed E-state index contributed by atoms with van der Waals surface area (Å²) in [4.78, 5) is 50.3. The molecule has 11 heteroatoms. The van der Waals surface area contributed by atoms with Gasteiger partial charge in [-0.2, -0.15) is 0 Å². The Hall–Kier alpha value is -3.95. The minimum atomic E-state index is -2.32. The van der Waals surface area contributed by atoms with Crippen molar-refractivity contribution < 1.29 is 38.1 Å². The number of carboxylic acid groups (broad SMARTS) is 1. The average Bonchev–Trinajstić information content (AvgIpc) is 2.82. The first-order chi connectivity index (χ1) is 16.7. The molecule has 3 rings (SSSR count). The maximum atomic E-state index is 14.1. The molecule has 0 aliphatic rings. The number of carboxylic acids is 1. The van der Waals surface area contributed by atoms with Crippen molar-refractivity contribution in [3.05, 3.63) is 99.8 Å². The lowest BCUT2D eigenvalue weighted by molar-refractivity contribution is -0.157. The third-order valence-corrected chi connectivity index (χ3v) is 5.22. The number of para-hydroxylation sites is 1. The number of benzene rings is 3. The van der Waals surface area contributed by atoms with Gasteiger partial charge in [-0.3, -0.25) is 4.79 Å². The molecule has 0 aromatic heterocycles. The fourth-order valence-electron chi connectivity index (χ4n) is 2.87. The lowest BCUT2D eigenvalue weighted by Crippen LogP contribution is -2.48. The van der Waals surface area contributed by atoms with Crippen LogP contribution in [-0.2, 0) is 19.1 Å². The van der Waals surface area contributed by atoms with E-state index in [-0.39, 0.29) is 26.9 Å². The zero-order chi connectivity index (χ0) is 25.5. The van der Waals surface area contributed by atoms with E-state index in [0.29, 0.717) is 0 Å². The first kappa shape index (κ1) is 25.7. The second-order valence-corrected chi connectivity index (χ2v) is 7.73. The summed E-state index contributed by atoms with van der Waals surface area (Å²) in [5.41, 5.74) is -0.691. The van der Waals surface area contributed by atoms with E-state index in [2.05, 4.69) is 5.32 Å². The zero-order valence-corrected chi connectivity index (χ0v) is 19.1. The third-order valence-electron chi connectivity index (χ3n) is 4.56. The fraction of sp³-hybridized carbons (Fsp3) is 0.0833. The van der Waals surface area contributed by atoms with Crippen molar-refractivity contribution in [1.29, 1.82) is 0 Å². The number of rotatable bonds is 8. The monoisotopic (exact) mass is 519 g/mol. The molecule has 2 N–H and O–H groups in total. The number of carbonyl (C=O) groups excluding carboxylic acids is 3. The molecule has 8 nitrogen and oxygen atoms in total. The number of nitrogens with one attached hydrogen (secondary N) is 1. The summed E-state index contributed by atoms with van der Waals surface area (Å²) in [5, 5.41) is 11.8. The summed E-state index contributed by atoms with van der Waals surface area (Å²) in [6.07, 6.45) is -4.56. The van der Waals surface area contributed by atoms with Gasteiger partial charge in [-0.25, -0.2) is 18.8 Å². The van der Waals surface area contributed by atoms with Crippen LogP contribution in [0.5, 0.6) is 0 Å². The molecule has 0 radical (unpaired) electrons. The molecule has 2 atom stereocenters. The van der Waals surface area contributed by atoms with E-state index in [1.807, 2.05) is 0 Å². The number of ether oxygens (including phenoxy) is 2. The first-order valence-corrected chi connectivity index (χ1v) is 10.6. The number of halogens is 3. The molecule has 0 saturated heterocycles. The molecule has 3 aromatic carbocycles. The van der Waals surface area contributed by atoms with Crippen LogP contribution in [0.1, 0.15) is 20.7 Å². The fourth-order valence-corrected chi connectivity index (χ4v) is 3.30. The highest BCUT2D eigenvalue weighted by atomic mass is 35.5. The van der Waals surface area contributed by atoms with Gasteiger partial charge < -0.3 is 19.9 Å². The first-order valence-electron chi connectivity index (χ1n) is 9.88. The highest BCUT2D eigenvalue weighted by Crippen LogP contribution is 2.22. The minimum Gasteiger partial charge on any atom is -0.478 e. The van der Waals surface area contributed by atoms with Gasteiger partial charge in [-0.15, -0.1) is 0 Å². The molecule has 0 fully saturated rings. The Bertz CT molecular complexity index is 1280. The van der Waals surface area contributed by atoms with E-state index in [9.17, 15) is 28.7 Å². The maximum absolute atomic E-state index is 14.1. The quantitative estimate of drug-likeness (QED) is 0.417. The van der Waals surface area contributed by atoms with E-state index >= 15 is 0 Å². The van der Waals surface area contributed by atoms with Gasteiger partial charge in [0.25, 0.3) is 5.91 Å². The van der Waals surface area contributed by atoms with Gasteiger partial charge in [0.05, 0.1) is 26.9 Å². The number of carbonyl (C=O) groups is 4. The van der Waals surface area contributed by atoms with Crippen LogP contribution in [0.25, 0.3) is 0 Å². The Labute approximate surface area is 208 Å². The van der Waals surface area contributed by atoms with Crippen molar-refractivity contribution in [2.75, 3.05) is 5.32 Å². The van der Waals surface area contributed by atoms with E-state index in [4.69, 9.17) is 32.7 Å². The minimum absolute atomic E-state index is 0.0364. The molecule has 0 saturated carbocycles. The molecule has 0 unspecified atom stereocenters. The normalized spacial score (nSPS) is 12.2. The van der Waals surface area contributed by atoms with Crippen LogP contribution >= 0.6 is 23.2 Å². The van der Waals surface area contributed by atoms with Crippen LogP contribution in [0.4, 0.5) is 10.1 Å². The highest BCUT2D eigenvalue weighted by Gasteiger charge is 2.41. The predicted molar refractivity (Wildman–Crippen MR) is 124 cm³/mol. The average molecular weight is 520 g/mol. The topological polar surface area (TPSA) is 119 Å². The van der Waals surface area contributed by atoms with E-state index in [0.717, 1.165) is 6.07 Å². The smallest absolute Gasteiger partial charge is 0.349 e. The standard InChI is InChI=1S/C24H16Cl2FNO7/c25-15-9-3-1-7-13(15)23(32)34-19(21(29)28-18-12-6-5-11-17(18)27)20(22(30)31)35-24(33)14-8-2-4-10-16(14)26/h1-12,19-20H,(H,28,29)(H,30,31)/t19-,20-/m1/s1. The number of anilines is 1. The van der Waals surface area contributed by atoms with Gasteiger partial charge in [0.2, 0.25) is 12.2 Å². The van der Waals surface area contributed by atoms with Gasteiger partial charge in [-0.1, -0.05) is 59.6 Å². The summed E-state index contributed by atoms with van der Waals surface area (Å²) in [7, 11) is 0. The number of esters is 2. The van der Waals surface area contributed by atoms with Crippen molar-refractivity contribution in [2.24, 2.45) is 0 Å². The van der Waals surface area contributed by atoms with Gasteiger partial charge in [0, 0.05) is 0 Å². The molecule has 0 spiro atoms. The second-order valence-electron chi connectivity index (χ2n) is 6.92. The molecular weight excluding hydrogens is 504 g/mol. The van der Waals surface area contributed by atoms with Gasteiger partial charge >= 0.3 is 17.9 Å². The number of hydrogen-bond donors (Lipinski definition) is 2. The predicted octanol–water partition coefficient (Wildman–Crippen LogP) is 4.61. The Morgan fingerprint density at radius 2 is 1.20 bits per heavy atom. The number of hydrogen-bond acceptors (Lipinski definition) is 6. The van der Waals surface area contributed by atoms with E-state index < -0.39 is 41.8 Å². The Kier molecular flexibility index (Phi) is 8.40. The molecule has 0 aliphatic carbocycles. The van der Waals surface area contributed by atoms with Gasteiger partial charge in [-0.05, 0) is 36.4 Å². The molecule has 35 heavy (non-hydrogen) atoms. The van der Waals surface area contributed by atoms with Crippen molar-refractivity contribution in [3.63, 3.8) is 0 Å². The summed E-state index contributed by atoms with van der Waals surface area (Å²) < 4.78 is 24.2. The highest BCUT2D eigenvalue weighted by molar-refractivity contribution is 6.34. The second kappa shape index (κ2) is 11.5. The van der Waals surface area contributed by atoms with Crippen LogP contribution in [0, 0.1) is 5.82 Å². The summed E-state index contributed by atoms with van der Waals surface area (Å²) in [5.74, 6) is -6.29. The van der Waals surface area contributed by atoms with Crippen LogP contribution in [-0.4, -0.2) is 41.1 Å². The van der Waals surface area contributed by atoms with Crippen molar-refractivity contribution in [2.45, 2.75) is 12.2 Å².